The molecular weight excluding hydrogens is 688 g/mol. The summed E-state index contributed by atoms with van der Waals surface area (Å²) >= 11 is 0. The Morgan fingerprint density at radius 2 is 0.278 bits per heavy atom. The minimum absolute atomic E-state index is 0. The van der Waals surface area contributed by atoms with Crippen molar-refractivity contribution in [2.75, 3.05) is 0 Å². The van der Waals surface area contributed by atoms with Crippen LogP contribution >= 0.6 is 54.8 Å². The van der Waals surface area contributed by atoms with Gasteiger partial charge in [0.05, 0.1) is 0 Å². The van der Waals surface area contributed by atoms with Gasteiger partial charge in [-0.15, -0.1) is 0 Å². The molecule has 0 fully saturated rings. The van der Waals surface area contributed by atoms with Crippen LogP contribution in [0.25, 0.3) is 0 Å². The van der Waals surface area contributed by atoms with Crippen LogP contribution in [0.4, 0.5) is 0 Å². The molecule has 28 nitrogen and oxygen atoms in total. The molecule has 0 saturated carbocycles. The summed E-state index contributed by atoms with van der Waals surface area (Å²) in [5, 5.41) is 0. The predicted molar refractivity (Wildman–Crippen MR) is 97.6 cm³/mol. The quantitative estimate of drug-likeness (QED) is 0.0820. The van der Waals surface area contributed by atoms with Crippen LogP contribution in [0.15, 0.2) is 0 Å². The first-order valence-corrected chi connectivity index (χ1v) is 16.4. The minimum atomic E-state index is -4.89. The van der Waals surface area contributed by atoms with Crippen LogP contribution in [-0.4, -0.2) is 97.9 Å². The zero-order valence-corrected chi connectivity index (χ0v) is 24.6. The van der Waals surface area contributed by atoms with Gasteiger partial charge in [-0.1, -0.05) is 0 Å². The first kappa shape index (κ1) is 57.6. The number of hydrogen-bond donors (Lipinski definition) is 20. The van der Waals surface area contributed by atoms with E-state index in [-0.39, 0.29) is 29.6 Å². The van der Waals surface area contributed by atoms with Gasteiger partial charge >= 0.3 is 76.5 Å². The summed E-state index contributed by atoms with van der Waals surface area (Å²) in [5.74, 6) is 0. The second-order valence-electron chi connectivity index (χ2n) is 3.57. The molecule has 0 heterocycles. The molecule has 36 heteroatoms. The SMILES string of the molecule is O=P(O)(O)O.O=P(O)(O)O.O=P(O)(O)O.O=P(O)(O)O.O=P(O)(O)O.O=P(O)(O)O.O=P([O-])(O)O.[Na+]. The Morgan fingerprint density at radius 1 is 0.278 bits per heavy atom. The van der Waals surface area contributed by atoms with Crippen LogP contribution in [0, 0.1) is 0 Å². The van der Waals surface area contributed by atoms with E-state index in [4.69, 9.17) is 135 Å². The van der Waals surface area contributed by atoms with Crippen LogP contribution in [0.2, 0.25) is 0 Å². The normalized spacial score (nSPS) is 11.5. The number of rotatable bonds is 0. The average molecular weight is 708 g/mol. The third-order valence-corrected chi connectivity index (χ3v) is 0. The second-order valence-corrected chi connectivity index (χ2v) is 10.7. The number of phosphoric acid groups is 7. The Labute approximate surface area is 218 Å². The minimum Gasteiger partial charge on any atom is -0.756 e. The van der Waals surface area contributed by atoms with Gasteiger partial charge < -0.3 is 103 Å². The molecule has 0 bridgehead atoms. The van der Waals surface area contributed by atoms with E-state index < -0.39 is 54.8 Å². The monoisotopic (exact) mass is 708 g/mol. The largest absolute Gasteiger partial charge is 1.00 e. The van der Waals surface area contributed by atoms with Gasteiger partial charge in [-0.3, -0.25) is 4.57 Å². The Hall–Kier alpha value is 1.77. The molecule has 0 unspecified atom stereocenters. The van der Waals surface area contributed by atoms with Crippen LogP contribution in [0.3, 0.4) is 0 Å². The summed E-state index contributed by atoms with van der Waals surface area (Å²) in [4.78, 5) is 152. The van der Waals surface area contributed by atoms with Gasteiger partial charge in [-0.05, 0) is 0 Å². The fourth-order valence-corrected chi connectivity index (χ4v) is 0. The standard InChI is InChI=1S/Na.7H3O4P/c;7*1-5(2,3)4/h;7*(H3,1,2,3,4)/q+1;;;;;;;/p-1. The molecule has 0 rings (SSSR count). The smallest absolute Gasteiger partial charge is 0.756 e. The van der Waals surface area contributed by atoms with Crippen molar-refractivity contribution in [2.45, 2.75) is 0 Å². The van der Waals surface area contributed by atoms with E-state index in [0.29, 0.717) is 0 Å². The van der Waals surface area contributed by atoms with Crippen LogP contribution < -0.4 is 34.5 Å². The molecule has 0 aliphatic carbocycles. The third kappa shape index (κ3) is 13800. The van der Waals surface area contributed by atoms with Gasteiger partial charge in [0.2, 0.25) is 0 Å². The van der Waals surface area contributed by atoms with Crippen LogP contribution in [-0.2, 0) is 32.0 Å². The molecule has 0 saturated heterocycles. The summed E-state index contributed by atoms with van der Waals surface area (Å²) in [6, 6.07) is 0. The second kappa shape index (κ2) is 24.6. The molecule has 224 valence electrons. The Bertz CT molecular complexity index is 552. The first-order valence-electron chi connectivity index (χ1n) is 5.46. The molecule has 0 spiro atoms. The summed E-state index contributed by atoms with van der Waals surface area (Å²) in [7, 11) is -32.7. The molecule has 0 aliphatic rings. The molecule has 0 aliphatic heterocycles. The molecule has 0 aromatic rings. The van der Waals surface area contributed by atoms with E-state index >= 15 is 0 Å². The van der Waals surface area contributed by atoms with E-state index in [2.05, 4.69) is 0 Å². The van der Waals surface area contributed by atoms with Gasteiger partial charge in [0, 0.05) is 0 Å². The van der Waals surface area contributed by atoms with E-state index in [1.807, 2.05) is 0 Å². The summed E-state index contributed by atoms with van der Waals surface area (Å²) in [6.07, 6.45) is 0. The van der Waals surface area contributed by atoms with Crippen molar-refractivity contribution in [2.24, 2.45) is 0 Å². The maximum atomic E-state index is 8.88. The van der Waals surface area contributed by atoms with Crippen molar-refractivity contribution in [3.8, 4) is 0 Å². The molecule has 0 aromatic heterocycles. The predicted octanol–water partition coefficient (Wildman–Crippen LogP) is -10.1. The van der Waals surface area contributed by atoms with Gasteiger partial charge in [-0.25, -0.2) is 27.4 Å². The van der Waals surface area contributed by atoms with Gasteiger partial charge in [0.15, 0.2) is 0 Å². The zero-order chi connectivity index (χ0) is 31.5. The molecule has 20 N–H and O–H groups in total. The fraction of sp³-hybridized carbons (Fsp3) is 0. The van der Waals surface area contributed by atoms with Crippen molar-refractivity contribution in [1.82, 2.24) is 0 Å². The molecular formula is H20NaO28P7. The van der Waals surface area contributed by atoms with E-state index in [1.165, 1.54) is 0 Å². The topological polar surface area (TPSA) is 547 Å². The van der Waals surface area contributed by atoms with Gasteiger partial charge in [-0.2, -0.15) is 0 Å². The molecule has 0 atom stereocenters. The summed E-state index contributed by atoms with van der Waals surface area (Å²) in [5.41, 5.74) is 0. The maximum Gasteiger partial charge on any atom is 1.00 e. The molecule has 0 amide bonds. The van der Waals surface area contributed by atoms with E-state index in [9.17, 15) is 0 Å². The van der Waals surface area contributed by atoms with Gasteiger partial charge in [0.1, 0.15) is 0 Å². The molecule has 0 aromatic carbocycles. The van der Waals surface area contributed by atoms with Crippen molar-refractivity contribution in [1.29, 1.82) is 0 Å². The van der Waals surface area contributed by atoms with Crippen LogP contribution in [0.5, 0.6) is 0 Å². The van der Waals surface area contributed by atoms with Crippen molar-refractivity contribution in [3.63, 3.8) is 0 Å². The average Bonchev–Trinajstić information content (AvgIpc) is 2.06. The Balaban J connectivity index is -0.0000000422. The van der Waals surface area contributed by atoms with Gasteiger partial charge in [0.25, 0.3) is 7.82 Å². The van der Waals surface area contributed by atoms with Crippen molar-refractivity contribution >= 4 is 54.8 Å². The summed E-state index contributed by atoms with van der Waals surface area (Å²) < 4.78 is 62.1. The van der Waals surface area contributed by atoms with Crippen molar-refractivity contribution in [3.05, 3.63) is 0 Å². The number of hydrogen-bond acceptors (Lipinski definition) is 8. The first-order chi connectivity index (χ1) is 14.0. The zero-order valence-electron chi connectivity index (χ0n) is 16.3. The van der Waals surface area contributed by atoms with Crippen LogP contribution in [0.1, 0.15) is 0 Å². The van der Waals surface area contributed by atoms with E-state index in [0.717, 1.165) is 0 Å². The molecule has 36 heavy (non-hydrogen) atoms. The Morgan fingerprint density at radius 3 is 0.278 bits per heavy atom. The fourth-order valence-electron chi connectivity index (χ4n) is 0. The Kier molecular flexibility index (Phi) is 39.3. The molecule has 0 radical (unpaired) electrons. The third-order valence-electron chi connectivity index (χ3n) is 0. The summed E-state index contributed by atoms with van der Waals surface area (Å²) in [6.45, 7) is 0. The maximum absolute atomic E-state index is 8.88. The van der Waals surface area contributed by atoms with Crippen molar-refractivity contribution < 1.29 is 164 Å². The van der Waals surface area contributed by atoms with E-state index in [1.54, 1.807) is 0 Å².